The number of benzene rings is 1. The lowest BCUT2D eigenvalue weighted by Gasteiger charge is -2.20. The van der Waals surface area contributed by atoms with Crippen molar-refractivity contribution in [3.8, 4) is 0 Å². The molecule has 6 heteroatoms. The van der Waals surface area contributed by atoms with Crippen LogP contribution in [0.15, 0.2) is 41.4 Å². The number of carbonyl (C=O) groups excluding carboxylic acids is 1. The minimum absolute atomic E-state index is 0.191. The molecular weight excluding hydrogens is 360 g/mol. The molecule has 2 aromatic rings. The molecule has 27 heavy (non-hydrogen) atoms. The monoisotopic (exact) mass is 390 g/mol. The van der Waals surface area contributed by atoms with Gasteiger partial charge < -0.3 is 4.90 Å². The van der Waals surface area contributed by atoms with E-state index in [-0.39, 0.29) is 16.4 Å². The quantitative estimate of drug-likeness (QED) is 0.577. The molecule has 0 aliphatic rings. The number of hydrogen-bond donors (Lipinski definition) is 0. The van der Waals surface area contributed by atoms with Gasteiger partial charge in [0.15, 0.2) is 5.78 Å². The zero-order chi connectivity index (χ0) is 20.0. The van der Waals surface area contributed by atoms with Gasteiger partial charge in [0.1, 0.15) is 0 Å². The summed E-state index contributed by atoms with van der Waals surface area (Å²) < 4.78 is 27.2. The van der Waals surface area contributed by atoms with Crippen molar-refractivity contribution in [1.82, 2.24) is 8.87 Å². The molecule has 0 N–H and O–H groups in total. The van der Waals surface area contributed by atoms with E-state index in [1.807, 2.05) is 6.92 Å². The summed E-state index contributed by atoms with van der Waals surface area (Å²) in [7, 11) is -3.79. The molecule has 0 unspecified atom stereocenters. The summed E-state index contributed by atoms with van der Waals surface area (Å²) in [6, 6.07) is 8.40. The molecule has 1 aromatic heterocycles. The molecule has 0 radical (unpaired) electrons. The fraction of sp³-hybridized carbons (Fsp3) is 0.476. The van der Waals surface area contributed by atoms with Gasteiger partial charge in [0.25, 0.3) is 10.0 Å². The van der Waals surface area contributed by atoms with Gasteiger partial charge in [-0.25, -0.2) is 12.4 Å². The minimum atomic E-state index is -3.79. The first kappa shape index (κ1) is 21.4. The van der Waals surface area contributed by atoms with Gasteiger partial charge >= 0.3 is 0 Å². The highest BCUT2D eigenvalue weighted by Gasteiger charge is 2.23. The van der Waals surface area contributed by atoms with Crippen LogP contribution in [0, 0.1) is 6.92 Å². The van der Waals surface area contributed by atoms with E-state index in [4.69, 9.17) is 0 Å². The Labute approximate surface area is 163 Å². The summed E-state index contributed by atoms with van der Waals surface area (Å²) >= 11 is 0. The van der Waals surface area contributed by atoms with Crippen molar-refractivity contribution in [1.29, 1.82) is 0 Å². The SMILES string of the molecule is CCCN(CCC)CCc1cc(C(C)=O)n(S(=O)(=O)c2ccc(C)cc2)c1. The van der Waals surface area contributed by atoms with Crippen LogP contribution < -0.4 is 0 Å². The Hall–Kier alpha value is -1.92. The van der Waals surface area contributed by atoms with E-state index < -0.39 is 10.0 Å². The fourth-order valence-corrected chi connectivity index (χ4v) is 4.59. The molecule has 148 valence electrons. The third-order valence-corrected chi connectivity index (χ3v) is 6.27. The number of aromatic nitrogens is 1. The summed E-state index contributed by atoms with van der Waals surface area (Å²) in [5.41, 5.74) is 2.07. The average molecular weight is 391 g/mol. The first-order chi connectivity index (χ1) is 12.8. The predicted molar refractivity (Wildman–Crippen MR) is 109 cm³/mol. The minimum Gasteiger partial charge on any atom is -0.303 e. The Kier molecular flexibility index (Phi) is 7.39. The standard InChI is InChI=1S/C21H30N2O3S/c1-5-12-22(13-6-2)14-11-19-15-21(18(4)24)23(16-19)27(25,26)20-9-7-17(3)8-10-20/h7-10,15-16H,5-6,11-14H2,1-4H3. The lowest BCUT2D eigenvalue weighted by atomic mass is 10.2. The molecule has 0 aliphatic heterocycles. The first-order valence-corrected chi connectivity index (χ1v) is 11.0. The molecule has 1 heterocycles. The van der Waals surface area contributed by atoms with Gasteiger partial charge in [-0.3, -0.25) is 4.79 Å². The van der Waals surface area contributed by atoms with Crippen molar-refractivity contribution in [2.75, 3.05) is 19.6 Å². The highest BCUT2D eigenvalue weighted by atomic mass is 32.2. The largest absolute Gasteiger partial charge is 0.303 e. The van der Waals surface area contributed by atoms with Gasteiger partial charge in [0, 0.05) is 19.7 Å². The van der Waals surface area contributed by atoms with Gasteiger partial charge in [0.05, 0.1) is 10.6 Å². The van der Waals surface area contributed by atoms with E-state index in [2.05, 4.69) is 18.7 Å². The van der Waals surface area contributed by atoms with Gasteiger partial charge in [-0.05, 0) is 63.0 Å². The molecular formula is C21H30N2O3S. The highest BCUT2D eigenvalue weighted by molar-refractivity contribution is 7.90. The maximum atomic E-state index is 13.0. The number of Topliss-reactive ketones (excluding diaryl/α,β-unsaturated/α-hetero) is 1. The fourth-order valence-electron chi connectivity index (χ4n) is 3.17. The second-order valence-corrected chi connectivity index (χ2v) is 8.81. The summed E-state index contributed by atoms with van der Waals surface area (Å²) in [5, 5.41) is 0. The van der Waals surface area contributed by atoms with Crippen LogP contribution in [0.1, 0.15) is 55.2 Å². The van der Waals surface area contributed by atoms with Crippen LogP contribution in [0.3, 0.4) is 0 Å². The van der Waals surface area contributed by atoms with Crippen LogP contribution in [0.2, 0.25) is 0 Å². The number of rotatable bonds is 10. The third-order valence-electron chi connectivity index (χ3n) is 4.58. The van der Waals surface area contributed by atoms with Crippen molar-refractivity contribution in [3.63, 3.8) is 0 Å². The Morgan fingerprint density at radius 1 is 1.04 bits per heavy atom. The van der Waals surface area contributed by atoms with E-state index in [1.165, 1.54) is 6.92 Å². The number of aryl methyl sites for hydroxylation is 1. The number of carbonyl (C=O) groups is 1. The summed E-state index contributed by atoms with van der Waals surface area (Å²) in [6.07, 6.45) is 4.49. The van der Waals surface area contributed by atoms with E-state index in [1.54, 1.807) is 36.5 Å². The molecule has 0 fully saturated rings. The van der Waals surface area contributed by atoms with Crippen LogP contribution >= 0.6 is 0 Å². The topological polar surface area (TPSA) is 59.4 Å². The van der Waals surface area contributed by atoms with Crippen molar-refractivity contribution in [3.05, 3.63) is 53.3 Å². The van der Waals surface area contributed by atoms with Gasteiger partial charge in [-0.15, -0.1) is 0 Å². The number of nitrogens with zero attached hydrogens (tertiary/aromatic N) is 2. The average Bonchev–Trinajstić information content (AvgIpc) is 3.06. The molecule has 0 saturated carbocycles. The maximum absolute atomic E-state index is 13.0. The molecule has 0 amide bonds. The third kappa shape index (κ3) is 5.30. The highest BCUT2D eigenvalue weighted by Crippen LogP contribution is 2.20. The molecule has 0 atom stereocenters. The molecule has 0 spiro atoms. The molecule has 0 saturated heterocycles. The predicted octanol–water partition coefficient (Wildman–Crippen LogP) is 3.90. The van der Waals surface area contributed by atoms with Gasteiger partial charge in [-0.1, -0.05) is 31.5 Å². The van der Waals surface area contributed by atoms with E-state index in [0.717, 1.165) is 54.0 Å². The lowest BCUT2D eigenvalue weighted by molar-refractivity contribution is 0.101. The van der Waals surface area contributed by atoms with Crippen LogP contribution in [-0.2, 0) is 16.4 Å². The normalized spacial score (nSPS) is 11.9. The van der Waals surface area contributed by atoms with Crippen molar-refractivity contribution < 1.29 is 13.2 Å². The molecule has 1 aromatic carbocycles. The first-order valence-electron chi connectivity index (χ1n) is 9.56. The zero-order valence-corrected chi connectivity index (χ0v) is 17.6. The Morgan fingerprint density at radius 3 is 2.15 bits per heavy atom. The molecule has 2 rings (SSSR count). The van der Waals surface area contributed by atoms with E-state index >= 15 is 0 Å². The van der Waals surface area contributed by atoms with Crippen molar-refractivity contribution in [2.24, 2.45) is 0 Å². The Morgan fingerprint density at radius 2 is 1.63 bits per heavy atom. The van der Waals surface area contributed by atoms with Gasteiger partial charge in [0.2, 0.25) is 0 Å². The van der Waals surface area contributed by atoms with Crippen LogP contribution in [0.25, 0.3) is 0 Å². The zero-order valence-electron chi connectivity index (χ0n) is 16.7. The van der Waals surface area contributed by atoms with Crippen LogP contribution in [0.4, 0.5) is 0 Å². The molecule has 0 aliphatic carbocycles. The van der Waals surface area contributed by atoms with Crippen molar-refractivity contribution >= 4 is 15.8 Å². The molecule has 0 bridgehead atoms. The second-order valence-electron chi connectivity index (χ2n) is 7.00. The van der Waals surface area contributed by atoms with Crippen LogP contribution in [-0.4, -0.2) is 42.7 Å². The van der Waals surface area contributed by atoms with E-state index in [0.29, 0.717) is 0 Å². The Balaban J connectivity index is 2.31. The van der Waals surface area contributed by atoms with E-state index in [9.17, 15) is 13.2 Å². The van der Waals surface area contributed by atoms with Crippen LogP contribution in [0.5, 0.6) is 0 Å². The lowest BCUT2D eigenvalue weighted by Crippen LogP contribution is -2.27. The molecule has 5 nitrogen and oxygen atoms in total. The number of hydrogen-bond acceptors (Lipinski definition) is 4. The summed E-state index contributed by atoms with van der Waals surface area (Å²) in [6.45, 7) is 10.5. The maximum Gasteiger partial charge on any atom is 0.268 e. The Bertz CT molecular complexity index is 861. The summed E-state index contributed by atoms with van der Waals surface area (Å²) in [5.74, 6) is -0.254. The number of ketones is 1. The second kappa shape index (κ2) is 9.33. The smallest absolute Gasteiger partial charge is 0.268 e. The van der Waals surface area contributed by atoms with Crippen molar-refractivity contribution in [2.45, 2.75) is 51.9 Å². The summed E-state index contributed by atoms with van der Waals surface area (Å²) in [4.78, 5) is 14.6. The van der Waals surface area contributed by atoms with Gasteiger partial charge in [-0.2, -0.15) is 0 Å².